The van der Waals surface area contributed by atoms with E-state index in [1.54, 1.807) is 0 Å². The molecule has 2 rings (SSSR count). The van der Waals surface area contributed by atoms with Crippen molar-refractivity contribution in [2.24, 2.45) is 5.92 Å². The van der Waals surface area contributed by atoms with E-state index in [9.17, 15) is 5.11 Å². The van der Waals surface area contributed by atoms with Crippen molar-refractivity contribution < 1.29 is 5.11 Å². The molecule has 0 aliphatic carbocycles. The quantitative estimate of drug-likeness (QED) is 0.771. The minimum atomic E-state index is 0.231. The molecule has 1 aromatic carbocycles. The molecule has 23 heavy (non-hydrogen) atoms. The van der Waals surface area contributed by atoms with Crippen LogP contribution in [-0.2, 0) is 6.54 Å². The number of hydrogen-bond acceptors (Lipinski definition) is 4. The third-order valence-electron chi connectivity index (χ3n) is 5.00. The van der Waals surface area contributed by atoms with Crippen molar-refractivity contribution in [3.05, 3.63) is 29.8 Å². The number of rotatable bonds is 8. The maximum atomic E-state index is 9.28. The lowest BCUT2D eigenvalue weighted by Gasteiger charge is -2.37. The molecular weight excluding hydrogens is 286 g/mol. The summed E-state index contributed by atoms with van der Waals surface area (Å²) in [7, 11) is 0. The van der Waals surface area contributed by atoms with E-state index in [0.29, 0.717) is 6.04 Å². The maximum absolute atomic E-state index is 9.28. The summed E-state index contributed by atoms with van der Waals surface area (Å²) >= 11 is 0. The van der Waals surface area contributed by atoms with Crippen LogP contribution >= 0.6 is 0 Å². The monoisotopic (exact) mass is 319 g/mol. The first-order valence-corrected chi connectivity index (χ1v) is 9.05. The van der Waals surface area contributed by atoms with Gasteiger partial charge in [-0.25, -0.2) is 0 Å². The van der Waals surface area contributed by atoms with Crippen LogP contribution in [0.1, 0.15) is 32.8 Å². The van der Waals surface area contributed by atoms with Gasteiger partial charge in [0.2, 0.25) is 0 Å². The molecule has 0 amide bonds. The summed E-state index contributed by atoms with van der Waals surface area (Å²) in [6, 6.07) is 9.03. The van der Waals surface area contributed by atoms with E-state index in [4.69, 9.17) is 0 Å². The molecule has 0 bridgehead atoms. The Bertz CT molecular complexity index is 458. The lowest BCUT2D eigenvalue weighted by atomic mass is 10.0. The topological polar surface area (TPSA) is 38.7 Å². The summed E-state index contributed by atoms with van der Waals surface area (Å²) in [5.74, 6) is 0.278. The average Bonchev–Trinajstić information content (AvgIpc) is 2.60. The first-order valence-electron chi connectivity index (χ1n) is 9.05. The Kier molecular flexibility index (Phi) is 7.34. The van der Waals surface area contributed by atoms with E-state index in [0.717, 1.165) is 32.7 Å². The molecule has 1 fully saturated rings. The van der Waals surface area contributed by atoms with Gasteiger partial charge in [-0.15, -0.1) is 0 Å². The van der Waals surface area contributed by atoms with Crippen molar-refractivity contribution in [3.63, 3.8) is 0 Å². The van der Waals surface area contributed by atoms with Crippen LogP contribution in [0.2, 0.25) is 0 Å². The predicted octanol–water partition coefficient (Wildman–Crippen LogP) is 2.33. The Balaban J connectivity index is 1.95. The lowest BCUT2D eigenvalue weighted by Crippen LogP contribution is -2.47. The van der Waals surface area contributed by atoms with Crippen molar-refractivity contribution in [2.45, 2.75) is 39.8 Å². The van der Waals surface area contributed by atoms with E-state index in [1.165, 1.54) is 24.2 Å². The predicted molar refractivity (Wildman–Crippen MR) is 97.9 cm³/mol. The summed E-state index contributed by atoms with van der Waals surface area (Å²) in [6.45, 7) is 13.3. The second-order valence-electron chi connectivity index (χ2n) is 6.79. The first-order chi connectivity index (χ1) is 11.2. The second kappa shape index (κ2) is 9.26. The van der Waals surface area contributed by atoms with E-state index in [1.807, 2.05) is 0 Å². The van der Waals surface area contributed by atoms with Gasteiger partial charge in [-0.2, -0.15) is 0 Å². The molecule has 1 aliphatic heterocycles. The van der Waals surface area contributed by atoms with Crippen LogP contribution < -0.4 is 10.2 Å². The fraction of sp³-hybridized carbons (Fsp3) is 0.684. The van der Waals surface area contributed by atoms with Crippen LogP contribution in [0, 0.1) is 5.92 Å². The summed E-state index contributed by atoms with van der Waals surface area (Å²) in [6.07, 6.45) is 1.24. The number of anilines is 1. The highest BCUT2D eigenvalue weighted by Gasteiger charge is 2.19. The second-order valence-corrected chi connectivity index (χ2v) is 6.79. The van der Waals surface area contributed by atoms with Crippen molar-refractivity contribution in [3.8, 4) is 0 Å². The zero-order valence-corrected chi connectivity index (χ0v) is 15.0. The highest BCUT2D eigenvalue weighted by Crippen LogP contribution is 2.22. The third-order valence-corrected chi connectivity index (χ3v) is 5.00. The zero-order chi connectivity index (χ0) is 16.7. The van der Waals surface area contributed by atoms with Crippen LogP contribution in [-0.4, -0.2) is 55.4 Å². The lowest BCUT2D eigenvalue weighted by molar-refractivity contribution is 0.207. The highest BCUT2D eigenvalue weighted by atomic mass is 16.3. The van der Waals surface area contributed by atoms with Gasteiger partial charge in [-0.1, -0.05) is 32.0 Å². The molecule has 1 saturated heterocycles. The van der Waals surface area contributed by atoms with Crippen LogP contribution in [0.3, 0.4) is 0 Å². The molecule has 2 atom stereocenters. The fourth-order valence-electron chi connectivity index (χ4n) is 3.13. The first kappa shape index (κ1) is 18.2. The van der Waals surface area contributed by atoms with Crippen LogP contribution in [0.25, 0.3) is 0 Å². The van der Waals surface area contributed by atoms with Gasteiger partial charge in [0.25, 0.3) is 0 Å². The van der Waals surface area contributed by atoms with Crippen molar-refractivity contribution in [1.29, 1.82) is 0 Å². The average molecular weight is 319 g/mol. The molecule has 2 unspecified atom stereocenters. The van der Waals surface area contributed by atoms with Gasteiger partial charge in [0.05, 0.1) is 0 Å². The maximum Gasteiger partial charge on any atom is 0.0471 e. The van der Waals surface area contributed by atoms with E-state index < -0.39 is 0 Å². The van der Waals surface area contributed by atoms with Gasteiger partial charge < -0.3 is 15.3 Å². The molecule has 0 spiro atoms. The SMILES string of the molecule is CCCN1CCN(c2ccccc2CNC(C)C(C)CO)CC1. The summed E-state index contributed by atoms with van der Waals surface area (Å²) < 4.78 is 0. The number of benzene rings is 1. The molecule has 1 aromatic rings. The number of para-hydroxylation sites is 1. The van der Waals surface area contributed by atoms with Gasteiger partial charge in [-0.3, -0.25) is 4.90 Å². The minimum Gasteiger partial charge on any atom is -0.396 e. The number of hydrogen-bond donors (Lipinski definition) is 2. The third kappa shape index (κ3) is 5.20. The summed E-state index contributed by atoms with van der Waals surface area (Å²) in [4.78, 5) is 5.08. The number of aliphatic hydroxyl groups excluding tert-OH is 1. The molecule has 130 valence electrons. The Hall–Kier alpha value is -1.10. The molecule has 0 aromatic heterocycles. The van der Waals surface area contributed by atoms with E-state index in [2.05, 4.69) is 60.2 Å². The van der Waals surface area contributed by atoms with Crippen LogP contribution in [0.15, 0.2) is 24.3 Å². The molecule has 4 nitrogen and oxygen atoms in total. The smallest absolute Gasteiger partial charge is 0.0471 e. The molecule has 2 N–H and O–H groups in total. The van der Waals surface area contributed by atoms with Crippen LogP contribution in [0.5, 0.6) is 0 Å². The largest absolute Gasteiger partial charge is 0.396 e. The van der Waals surface area contributed by atoms with Crippen molar-refractivity contribution >= 4 is 5.69 Å². The summed E-state index contributed by atoms with van der Waals surface area (Å²) in [5, 5.41) is 12.8. The molecule has 1 heterocycles. The van der Waals surface area contributed by atoms with Gasteiger partial charge in [0.1, 0.15) is 0 Å². The number of nitrogens with one attached hydrogen (secondary N) is 1. The van der Waals surface area contributed by atoms with Gasteiger partial charge in [0, 0.05) is 51.1 Å². The summed E-state index contributed by atoms with van der Waals surface area (Å²) in [5.41, 5.74) is 2.72. The Morgan fingerprint density at radius 3 is 2.48 bits per heavy atom. The number of piperazine rings is 1. The highest BCUT2D eigenvalue weighted by molar-refractivity contribution is 5.54. The van der Waals surface area contributed by atoms with E-state index in [-0.39, 0.29) is 12.5 Å². The van der Waals surface area contributed by atoms with Gasteiger partial charge in [-0.05, 0) is 37.4 Å². The van der Waals surface area contributed by atoms with Crippen LogP contribution in [0.4, 0.5) is 5.69 Å². The Morgan fingerprint density at radius 2 is 1.83 bits per heavy atom. The van der Waals surface area contributed by atoms with E-state index >= 15 is 0 Å². The normalized spacial score (nSPS) is 18.9. The molecular formula is C19H33N3O. The minimum absolute atomic E-state index is 0.231. The molecule has 1 aliphatic rings. The molecule has 0 radical (unpaired) electrons. The molecule has 4 heteroatoms. The Labute approximate surface area is 141 Å². The molecule has 0 saturated carbocycles. The Morgan fingerprint density at radius 1 is 1.13 bits per heavy atom. The van der Waals surface area contributed by atoms with Gasteiger partial charge >= 0.3 is 0 Å². The van der Waals surface area contributed by atoms with Crippen molar-refractivity contribution in [1.82, 2.24) is 10.2 Å². The zero-order valence-electron chi connectivity index (χ0n) is 15.0. The number of nitrogens with zero attached hydrogens (tertiary/aromatic N) is 2. The standard InChI is InChI=1S/C19H33N3O/c1-4-9-21-10-12-22(13-11-21)19-8-6-5-7-18(19)14-20-17(3)16(2)15-23/h5-8,16-17,20,23H,4,9-15H2,1-3H3. The number of aliphatic hydroxyl groups is 1. The fourth-order valence-corrected chi connectivity index (χ4v) is 3.13. The van der Waals surface area contributed by atoms with Crippen molar-refractivity contribution in [2.75, 3.05) is 44.2 Å². The van der Waals surface area contributed by atoms with Gasteiger partial charge in [0.15, 0.2) is 0 Å².